The maximum Gasteiger partial charge on any atom is 0.333 e. The first kappa shape index (κ1) is 46.0. The lowest BCUT2D eigenvalue weighted by molar-refractivity contribution is 1.20. The van der Waals surface area contributed by atoms with Crippen LogP contribution in [-0.4, -0.2) is 11.3 Å². The smallest absolute Gasteiger partial charge is 0.333 e. The Kier molecular flexibility index (Phi) is 10.8. The molecule has 1 aromatic heterocycles. The highest BCUT2D eigenvalue weighted by molar-refractivity contribution is 6.90. The van der Waals surface area contributed by atoms with Gasteiger partial charge in [-0.25, -0.2) is 0 Å². The molecule has 2 aliphatic heterocycles. The van der Waals surface area contributed by atoms with E-state index in [-0.39, 0.29) is 6.85 Å². The summed E-state index contributed by atoms with van der Waals surface area (Å²) < 4.78 is 2.71. The molecule has 0 radical (unpaired) electrons. The van der Waals surface area contributed by atoms with Gasteiger partial charge in [0, 0.05) is 61.5 Å². The Bertz CT molecular complexity index is 4600. The Balaban J connectivity index is 1.09. The van der Waals surface area contributed by atoms with Crippen molar-refractivity contribution in [3.63, 3.8) is 0 Å². The number of fused-ring (bicyclic) bond motifs is 9. The minimum absolute atomic E-state index is 0.177. The van der Waals surface area contributed by atoms with Crippen molar-refractivity contribution < 1.29 is 0 Å². The van der Waals surface area contributed by atoms with Crippen molar-refractivity contribution in [1.82, 2.24) is 4.48 Å². The Labute approximate surface area is 466 Å². The number of anilines is 6. The molecule has 13 aromatic carbocycles. The van der Waals surface area contributed by atoms with Gasteiger partial charge in [-0.05, 0) is 162 Å². The van der Waals surface area contributed by atoms with Crippen LogP contribution in [0.15, 0.2) is 291 Å². The third kappa shape index (κ3) is 7.44. The number of rotatable bonds is 10. The van der Waals surface area contributed by atoms with E-state index in [2.05, 4.69) is 305 Å². The topological polar surface area (TPSA) is 11.4 Å². The fourth-order valence-corrected chi connectivity index (χ4v) is 13.6. The second-order valence-corrected chi connectivity index (χ2v) is 21.5. The molecule has 2 aliphatic rings. The van der Waals surface area contributed by atoms with E-state index in [0.717, 1.165) is 52.4 Å². The van der Waals surface area contributed by atoms with Crippen molar-refractivity contribution in [2.45, 2.75) is 12.8 Å². The molecule has 80 heavy (non-hydrogen) atoms. The van der Waals surface area contributed by atoms with E-state index < -0.39 is 0 Å². The minimum atomic E-state index is -0.177. The predicted octanol–water partition coefficient (Wildman–Crippen LogP) is 18.5. The van der Waals surface area contributed by atoms with E-state index >= 15 is 0 Å². The largest absolute Gasteiger partial charge is 0.375 e. The van der Waals surface area contributed by atoms with Gasteiger partial charge >= 0.3 is 6.85 Å². The van der Waals surface area contributed by atoms with E-state index in [1.54, 1.807) is 0 Å². The lowest BCUT2D eigenvalue weighted by Crippen LogP contribution is -2.56. The van der Waals surface area contributed by atoms with Crippen molar-refractivity contribution in [1.29, 1.82) is 0 Å². The zero-order valence-electron chi connectivity index (χ0n) is 44.0. The molecule has 0 fully saturated rings. The minimum Gasteiger partial charge on any atom is -0.375 e. The van der Waals surface area contributed by atoms with Crippen LogP contribution in [0.4, 0.5) is 34.1 Å². The van der Waals surface area contributed by atoms with Crippen LogP contribution in [0.1, 0.15) is 22.3 Å². The molecule has 0 unspecified atom stereocenters. The second kappa shape index (κ2) is 18.8. The van der Waals surface area contributed by atoms with Gasteiger partial charge in [-0.15, -0.1) is 0 Å². The van der Waals surface area contributed by atoms with Gasteiger partial charge in [0.05, 0.1) is 0 Å². The van der Waals surface area contributed by atoms with Crippen LogP contribution in [0.2, 0.25) is 0 Å². The van der Waals surface area contributed by atoms with Gasteiger partial charge in [0.25, 0.3) is 0 Å². The van der Waals surface area contributed by atoms with Crippen LogP contribution >= 0.6 is 0 Å². The summed E-state index contributed by atoms with van der Waals surface area (Å²) in [5.41, 5.74) is 24.2. The first-order valence-electron chi connectivity index (χ1n) is 27.9. The van der Waals surface area contributed by atoms with Crippen LogP contribution in [0, 0.1) is 0 Å². The normalized spacial score (nSPS) is 12.3. The van der Waals surface area contributed by atoms with E-state index in [1.165, 1.54) is 104 Å². The molecule has 16 rings (SSSR count). The Morgan fingerprint density at radius 1 is 0.325 bits per heavy atom. The summed E-state index contributed by atoms with van der Waals surface area (Å²) in [6.07, 6.45) is 1.59. The number of benzene rings is 13. The van der Waals surface area contributed by atoms with Crippen LogP contribution < -0.4 is 20.7 Å². The SMILES string of the molecule is c1ccc(Cc2c3ccccc3c(Cc3ccccc3)c3cc4c(cc23)B2c3c(cc(N(c5ccccc5)c5ccccc5)cc3N4c3cc(-c4ccccc4)cc(-c4ccccc4)c3)-c3cccc4c5ccccc5n2c34)cc1. The molecule has 3 heterocycles. The molecule has 0 amide bonds. The second-order valence-electron chi connectivity index (χ2n) is 21.5. The maximum absolute atomic E-state index is 2.71. The summed E-state index contributed by atoms with van der Waals surface area (Å²) in [5, 5.41) is 7.72. The average molecular weight is 1020 g/mol. The summed E-state index contributed by atoms with van der Waals surface area (Å²) >= 11 is 0. The van der Waals surface area contributed by atoms with Gasteiger partial charge in [0.2, 0.25) is 0 Å². The summed E-state index contributed by atoms with van der Waals surface area (Å²) in [7, 11) is 0. The fourth-order valence-electron chi connectivity index (χ4n) is 13.6. The highest BCUT2D eigenvalue weighted by Crippen LogP contribution is 2.51. The van der Waals surface area contributed by atoms with E-state index in [1.807, 2.05) is 0 Å². The van der Waals surface area contributed by atoms with Crippen LogP contribution in [0.25, 0.3) is 76.7 Å². The Morgan fingerprint density at radius 2 is 0.812 bits per heavy atom. The molecule has 0 atom stereocenters. The van der Waals surface area contributed by atoms with Crippen molar-refractivity contribution >= 4 is 95.2 Å². The van der Waals surface area contributed by atoms with Crippen molar-refractivity contribution in [3.8, 4) is 33.4 Å². The molecule has 3 nitrogen and oxygen atoms in total. The summed E-state index contributed by atoms with van der Waals surface area (Å²) in [5.74, 6) is 0. The standard InChI is InChI=1S/C76H52BN3/c1-7-24-51(25-8-1)42-66-61-36-19-20-37-62(61)67(43-52-26-9-2-10-27-52)69-50-73-71(49-68(66)69)77-75-70(65-40-23-39-64-63-38-21-22-41-72(63)80(77)76(64)65)47-60(78(57-32-15-5-16-33-57)58-34-17-6-18-35-58)48-74(75)79(73)59-45-55(53-28-11-3-12-29-53)44-56(46-59)54-30-13-4-14-31-54/h1-41,44-50H,42-43H2. The number of nitrogens with zero attached hydrogens (tertiary/aromatic N) is 3. The van der Waals surface area contributed by atoms with E-state index in [4.69, 9.17) is 0 Å². The molecule has 0 saturated heterocycles. The predicted molar refractivity (Wildman–Crippen MR) is 339 cm³/mol. The molecule has 4 heteroatoms. The lowest BCUT2D eigenvalue weighted by atomic mass is 9.45. The third-order valence-corrected chi connectivity index (χ3v) is 17.0. The lowest BCUT2D eigenvalue weighted by Gasteiger charge is -2.42. The first-order chi connectivity index (χ1) is 39.7. The monoisotopic (exact) mass is 1020 g/mol. The highest BCUT2D eigenvalue weighted by atomic mass is 15.2. The first-order valence-corrected chi connectivity index (χ1v) is 27.9. The average Bonchev–Trinajstić information content (AvgIpc) is 4.08. The molecule has 0 spiro atoms. The zero-order chi connectivity index (χ0) is 52.7. The van der Waals surface area contributed by atoms with Gasteiger partial charge in [0.1, 0.15) is 0 Å². The van der Waals surface area contributed by atoms with Gasteiger partial charge < -0.3 is 14.3 Å². The van der Waals surface area contributed by atoms with Gasteiger partial charge in [0.15, 0.2) is 0 Å². The van der Waals surface area contributed by atoms with Crippen molar-refractivity contribution in [2.75, 3.05) is 9.80 Å². The van der Waals surface area contributed by atoms with Crippen molar-refractivity contribution in [3.05, 3.63) is 313 Å². The molecule has 374 valence electrons. The van der Waals surface area contributed by atoms with Gasteiger partial charge in [-0.3, -0.25) is 0 Å². The number of hydrogen-bond acceptors (Lipinski definition) is 2. The molecular weight excluding hydrogens is 966 g/mol. The van der Waals surface area contributed by atoms with Gasteiger partial charge in [-0.2, -0.15) is 0 Å². The molecule has 14 aromatic rings. The van der Waals surface area contributed by atoms with Gasteiger partial charge in [-0.1, -0.05) is 224 Å². The number of aromatic nitrogens is 1. The Morgan fingerprint density at radius 3 is 1.39 bits per heavy atom. The Hall–Kier alpha value is -10.2. The van der Waals surface area contributed by atoms with Crippen molar-refractivity contribution in [2.24, 2.45) is 0 Å². The summed E-state index contributed by atoms with van der Waals surface area (Å²) in [4.78, 5) is 5.09. The number of para-hydroxylation sites is 4. The molecule has 0 N–H and O–H groups in total. The molecular formula is C76H52BN3. The summed E-state index contributed by atoms with van der Waals surface area (Å²) in [6, 6.07) is 109. The highest BCUT2D eigenvalue weighted by Gasteiger charge is 2.44. The van der Waals surface area contributed by atoms with E-state index in [0.29, 0.717) is 0 Å². The quantitative estimate of drug-likeness (QED) is 0.0999. The zero-order valence-corrected chi connectivity index (χ0v) is 44.0. The fraction of sp³-hybridized carbons (Fsp3) is 0.0263. The number of hydrogen-bond donors (Lipinski definition) is 0. The maximum atomic E-state index is 2.71. The van der Waals surface area contributed by atoms with Crippen LogP contribution in [-0.2, 0) is 12.8 Å². The van der Waals surface area contributed by atoms with Crippen LogP contribution in [0.3, 0.4) is 0 Å². The summed E-state index contributed by atoms with van der Waals surface area (Å²) in [6.45, 7) is -0.177. The third-order valence-electron chi connectivity index (χ3n) is 17.0. The molecule has 0 bridgehead atoms. The van der Waals surface area contributed by atoms with Crippen LogP contribution in [0.5, 0.6) is 0 Å². The van der Waals surface area contributed by atoms with E-state index in [9.17, 15) is 0 Å². The molecule has 0 aliphatic carbocycles. The molecule has 0 saturated carbocycles.